The molecule has 1 rings (SSSR count). The highest BCUT2D eigenvalue weighted by atomic mass is 31.2. The number of esters is 3. The van der Waals surface area contributed by atoms with Gasteiger partial charge in [0.25, 0.3) is 0 Å². The van der Waals surface area contributed by atoms with Crippen LogP contribution in [0.2, 0.25) is 0 Å². The monoisotopic (exact) mass is 714 g/mol. The molecule has 6 atom stereocenters. The molecule has 21 heteroatoms. The molecule has 6 N–H and O–H groups in total. The molecular formula is C24H45O18P3. The zero-order valence-electron chi connectivity index (χ0n) is 25.4. The second-order valence-electron chi connectivity index (χ2n) is 10.4. The predicted octanol–water partition coefficient (Wildman–Crippen LogP) is 2.91. The molecule has 0 aromatic heterocycles. The van der Waals surface area contributed by atoms with Crippen molar-refractivity contribution in [2.75, 3.05) is 0 Å². The van der Waals surface area contributed by atoms with E-state index in [0.717, 1.165) is 0 Å². The van der Waals surface area contributed by atoms with Crippen molar-refractivity contribution in [2.45, 2.75) is 134 Å². The van der Waals surface area contributed by atoms with Gasteiger partial charge in [-0.15, -0.1) is 0 Å². The Kier molecular flexibility index (Phi) is 18.1. The molecular weight excluding hydrogens is 669 g/mol. The zero-order chi connectivity index (χ0) is 34.4. The minimum atomic E-state index is -5.73. The maximum Gasteiger partial charge on any atom is 0.470 e. The van der Waals surface area contributed by atoms with Gasteiger partial charge in [0.2, 0.25) is 0 Å². The summed E-state index contributed by atoms with van der Waals surface area (Å²) in [7, 11) is -17.1. The topological polar surface area (TPSA) is 279 Å². The summed E-state index contributed by atoms with van der Waals surface area (Å²) in [4.78, 5) is 96.7. The Hall–Kier alpha value is -1.26. The molecule has 0 bridgehead atoms. The van der Waals surface area contributed by atoms with Crippen LogP contribution in [0.5, 0.6) is 0 Å². The van der Waals surface area contributed by atoms with Crippen LogP contribution in [0, 0.1) is 0 Å². The number of phosphoric ester groups is 3. The SMILES string of the molecule is CCCCCC(=O)OC1[C@@H](OC(=O)CCCCC)[C@H](OP(=O)(O)O)C(OP(=O)(O)O)[C@@H](OP(=O)(O)O)[C@H]1OC(=O)CCCCC. The number of carbonyl (C=O) groups excluding carboxylic acids is 3. The van der Waals surface area contributed by atoms with Crippen LogP contribution in [0.25, 0.3) is 0 Å². The first-order valence-corrected chi connectivity index (χ1v) is 19.2. The van der Waals surface area contributed by atoms with Gasteiger partial charge in [-0.05, 0) is 19.3 Å². The van der Waals surface area contributed by atoms with E-state index in [1.54, 1.807) is 0 Å². The van der Waals surface area contributed by atoms with Crippen LogP contribution in [0.15, 0.2) is 0 Å². The first-order chi connectivity index (χ1) is 20.8. The highest BCUT2D eigenvalue weighted by Gasteiger charge is 2.62. The summed E-state index contributed by atoms with van der Waals surface area (Å²) in [5, 5.41) is 0. The third-order valence-corrected chi connectivity index (χ3v) is 8.03. The fraction of sp³-hybridized carbons (Fsp3) is 0.875. The summed E-state index contributed by atoms with van der Waals surface area (Å²) in [5.41, 5.74) is 0. The molecule has 2 unspecified atom stereocenters. The van der Waals surface area contributed by atoms with Gasteiger partial charge in [0.1, 0.15) is 18.3 Å². The Labute approximate surface area is 261 Å². The normalized spacial score (nSPS) is 24.2. The van der Waals surface area contributed by atoms with Gasteiger partial charge in [0.15, 0.2) is 18.3 Å². The van der Waals surface area contributed by atoms with E-state index >= 15 is 0 Å². The Balaban J connectivity index is 3.88. The molecule has 0 heterocycles. The van der Waals surface area contributed by atoms with Crippen molar-refractivity contribution in [3.05, 3.63) is 0 Å². The van der Waals surface area contributed by atoms with Gasteiger partial charge < -0.3 is 43.6 Å². The summed E-state index contributed by atoms with van der Waals surface area (Å²) in [6, 6.07) is 0. The largest absolute Gasteiger partial charge is 0.470 e. The van der Waals surface area contributed by atoms with E-state index in [2.05, 4.69) is 4.52 Å². The Morgan fingerprint density at radius 2 is 0.667 bits per heavy atom. The second-order valence-corrected chi connectivity index (χ2v) is 14.0. The molecule has 0 spiro atoms. The molecule has 0 radical (unpaired) electrons. The van der Waals surface area contributed by atoms with Crippen LogP contribution in [0.4, 0.5) is 0 Å². The molecule has 264 valence electrons. The third-order valence-electron chi connectivity index (χ3n) is 6.48. The van der Waals surface area contributed by atoms with Crippen LogP contribution in [-0.4, -0.2) is 83.9 Å². The van der Waals surface area contributed by atoms with Gasteiger partial charge in [-0.1, -0.05) is 59.3 Å². The quantitative estimate of drug-likeness (QED) is 0.0431. The average molecular weight is 715 g/mol. The van der Waals surface area contributed by atoms with Crippen molar-refractivity contribution in [3.63, 3.8) is 0 Å². The standard InChI is InChI=1S/C24H45O18P3/c1-4-7-10-13-16(25)37-19-20(38-17(26)14-11-8-5-2)22(40-43(28,29)30)24(42-45(34,35)36)23(41-44(31,32)33)21(19)39-18(27)15-12-9-6-3/h19-24H,4-15H2,1-3H3,(H2,28,29,30)(H2,31,32,33)(H2,34,35,36)/t19?,20-,21+,22-,23-,24?/m0/s1. The van der Waals surface area contributed by atoms with Crippen molar-refractivity contribution in [1.82, 2.24) is 0 Å². The van der Waals surface area contributed by atoms with E-state index in [1.807, 2.05) is 20.8 Å². The first-order valence-electron chi connectivity index (χ1n) is 14.6. The molecule has 1 saturated carbocycles. The van der Waals surface area contributed by atoms with Gasteiger partial charge in [0.05, 0.1) is 0 Å². The Morgan fingerprint density at radius 3 is 0.889 bits per heavy atom. The maximum atomic E-state index is 12.9. The summed E-state index contributed by atoms with van der Waals surface area (Å²) in [6.07, 6.45) is -10.1. The van der Waals surface area contributed by atoms with Crippen molar-refractivity contribution in [2.24, 2.45) is 0 Å². The summed E-state index contributed by atoms with van der Waals surface area (Å²) in [6.45, 7) is 5.54. The lowest BCUT2D eigenvalue weighted by Crippen LogP contribution is -2.67. The smallest absolute Gasteiger partial charge is 0.455 e. The van der Waals surface area contributed by atoms with E-state index in [-0.39, 0.29) is 32.1 Å². The molecule has 0 saturated heterocycles. The fourth-order valence-corrected chi connectivity index (χ4v) is 6.22. The zero-order valence-corrected chi connectivity index (χ0v) is 28.1. The van der Waals surface area contributed by atoms with Gasteiger partial charge in [-0.25, -0.2) is 13.7 Å². The summed E-state index contributed by atoms with van der Waals surface area (Å²) in [5.74, 6) is -3.05. The molecule has 0 amide bonds. The maximum absolute atomic E-state index is 12.9. The van der Waals surface area contributed by atoms with E-state index in [4.69, 9.17) is 23.3 Å². The minimum Gasteiger partial charge on any atom is -0.455 e. The number of hydrogen-bond acceptors (Lipinski definition) is 12. The number of hydrogen-bond donors (Lipinski definition) is 6. The second kappa shape index (κ2) is 19.5. The number of rotatable bonds is 21. The van der Waals surface area contributed by atoms with E-state index in [0.29, 0.717) is 44.9 Å². The van der Waals surface area contributed by atoms with Crippen molar-refractivity contribution in [3.8, 4) is 0 Å². The summed E-state index contributed by atoms with van der Waals surface area (Å²) >= 11 is 0. The van der Waals surface area contributed by atoms with Gasteiger partial charge in [-0.3, -0.25) is 28.0 Å². The van der Waals surface area contributed by atoms with Crippen LogP contribution >= 0.6 is 23.5 Å². The Bertz CT molecular complexity index is 1020. The molecule has 0 aromatic rings. The lowest BCUT2D eigenvalue weighted by molar-refractivity contribution is -0.241. The first kappa shape index (κ1) is 41.8. The van der Waals surface area contributed by atoms with Crippen molar-refractivity contribution >= 4 is 41.4 Å². The lowest BCUT2D eigenvalue weighted by atomic mass is 9.84. The minimum absolute atomic E-state index is 0.241. The fourth-order valence-electron chi connectivity index (χ4n) is 4.55. The van der Waals surface area contributed by atoms with Gasteiger partial charge in [-0.2, -0.15) is 0 Å². The number of ether oxygens (including phenoxy) is 3. The molecule has 1 fully saturated rings. The van der Waals surface area contributed by atoms with Crippen LogP contribution in [-0.2, 0) is 55.9 Å². The van der Waals surface area contributed by atoms with Crippen molar-refractivity contribution < 1.29 is 85.2 Å². The number of phosphoric acid groups is 3. The van der Waals surface area contributed by atoms with Crippen LogP contribution < -0.4 is 0 Å². The molecule has 18 nitrogen and oxygen atoms in total. The molecule has 45 heavy (non-hydrogen) atoms. The highest BCUT2D eigenvalue weighted by Crippen LogP contribution is 2.51. The Morgan fingerprint density at radius 1 is 0.444 bits per heavy atom. The third kappa shape index (κ3) is 16.9. The molecule has 0 aromatic carbocycles. The molecule has 1 aliphatic carbocycles. The predicted molar refractivity (Wildman–Crippen MR) is 153 cm³/mol. The van der Waals surface area contributed by atoms with Crippen LogP contribution in [0.3, 0.4) is 0 Å². The molecule has 1 aliphatic rings. The molecule has 0 aliphatic heterocycles. The van der Waals surface area contributed by atoms with E-state index in [1.165, 1.54) is 0 Å². The highest BCUT2D eigenvalue weighted by molar-refractivity contribution is 7.47. The summed E-state index contributed by atoms with van der Waals surface area (Å²) < 4.78 is 66.5. The van der Waals surface area contributed by atoms with E-state index < -0.39 is 78.0 Å². The van der Waals surface area contributed by atoms with Crippen molar-refractivity contribution in [1.29, 1.82) is 0 Å². The number of unbranched alkanes of at least 4 members (excludes halogenated alkanes) is 6. The average Bonchev–Trinajstić information content (AvgIpc) is 2.88. The van der Waals surface area contributed by atoms with Gasteiger partial charge in [0, 0.05) is 19.3 Å². The van der Waals surface area contributed by atoms with Crippen LogP contribution in [0.1, 0.15) is 97.8 Å². The number of carbonyl (C=O) groups is 3. The lowest BCUT2D eigenvalue weighted by Gasteiger charge is -2.47. The van der Waals surface area contributed by atoms with E-state index in [9.17, 15) is 57.4 Å². The van der Waals surface area contributed by atoms with Gasteiger partial charge >= 0.3 is 41.4 Å².